The number of pyridine rings is 1. The van der Waals surface area contributed by atoms with Crippen LogP contribution in [0.25, 0.3) is 0 Å². The number of aromatic nitrogens is 1. The van der Waals surface area contributed by atoms with E-state index in [2.05, 4.69) is 36.4 Å². The zero-order valence-electron chi connectivity index (χ0n) is 15.1. The second-order valence-electron chi connectivity index (χ2n) is 7.02. The number of nitrogens with two attached hydrogens (primary N) is 1. The normalized spacial score (nSPS) is 23.8. The Bertz CT molecular complexity index is 562. The summed E-state index contributed by atoms with van der Waals surface area (Å²) in [6.07, 6.45) is 3.17. The quantitative estimate of drug-likeness (QED) is 0.754. The molecular formula is C18H30N4O2. The van der Waals surface area contributed by atoms with Gasteiger partial charge >= 0.3 is 6.09 Å². The van der Waals surface area contributed by atoms with Crippen LogP contribution in [0.2, 0.25) is 0 Å². The number of nitrogens with one attached hydrogen (secondary N) is 2. The van der Waals surface area contributed by atoms with Crippen LogP contribution in [0.3, 0.4) is 0 Å². The molecule has 3 atom stereocenters. The Kier molecular flexibility index (Phi) is 6.29. The van der Waals surface area contributed by atoms with Gasteiger partial charge in [0.25, 0.3) is 0 Å². The summed E-state index contributed by atoms with van der Waals surface area (Å²) in [5.74, 6) is 3.11. The molecule has 0 spiro atoms. The van der Waals surface area contributed by atoms with Gasteiger partial charge in [0, 0.05) is 6.04 Å². The molecule has 0 radical (unpaired) electrons. The molecule has 0 aliphatic heterocycles. The fraction of sp³-hybridized carbons (Fsp3) is 0.667. The maximum Gasteiger partial charge on any atom is 0.411 e. The number of ether oxygens (including phenoxy) is 1. The zero-order chi connectivity index (χ0) is 17.7. The van der Waals surface area contributed by atoms with Gasteiger partial charge in [0.05, 0.1) is 12.3 Å². The molecule has 6 heteroatoms. The van der Waals surface area contributed by atoms with Crippen molar-refractivity contribution in [3.63, 3.8) is 0 Å². The summed E-state index contributed by atoms with van der Waals surface area (Å²) in [6.45, 7) is 8.95. The molecule has 1 fully saturated rings. The minimum Gasteiger partial charge on any atom is -0.450 e. The third-order valence-electron chi connectivity index (χ3n) is 4.95. The molecule has 3 unspecified atom stereocenters. The summed E-state index contributed by atoms with van der Waals surface area (Å²) in [6, 6.07) is 4.01. The summed E-state index contributed by atoms with van der Waals surface area (Å²) >= 11 is 0. The van der Waals surface area contributed by atoms with Gasteiger partial charge in [0.1, 0.15) is 11.6 Å². The van der Waals surface area contributed by atoms with Crippen molar-refractivity contribution in [3.05, 3.63) is 12.1 Å². The zero-order valence-corrected chi connectivity index (χ0v) is 15.1. The molecule has 4 N–H and O–H groups in total. The van der Waals surface area contributed by atoms with Crippen LogP contribution >= 0.6 is 0 Å². The van der Waals surface area contributed by atoms with Gasteiger partial charge in [-0.05, 0) is 56.1 Å². The van der Waals surface area contributed by atoms with Crippen LogP contribution in [-0.4, -0.2) is 23.7 Å². The summed E-state index contributed by atoms with van der Waals surface area (Å²) in [5.41, 5.74) is 6.43. The number of hydrogen-bond donors (Lipinski definition) is 3. The molecule has 1 saturated carbocycles. The molecule has 1 aromatic rings. The number of hydrogen-bond acceptors (Lipinski definition) is 5. The highest BCUT2D eigenvalue weighted by molar-refractivity contribution is 5.88. The van der Waals surface area contributed by atoms with Gasteiger partial charge in [-0.1, -0.05) is 20.8 Å². The molecular weight excluding hydrogens is 304 g/mol. The van der Waals surface area contributed by atoms with E-state index in [1.165, 1.54) is 12.8 Å². The van der Waals surface area contributed by atoms with Gasteiger partial charge in [-0.3, -0.25) is 5.32 Å². The summed E-state index contributed by atoms with van der Waals surface area (Å²) < 4.78 is 4.85. The second-order valence-corrected chi connectivity index (χ2v) is 7.02. The number of amides is 1. The van der Waals surface area contributed by atoms with Gasteiger partial charge < -0.3 is 15.8 Å². The van der Waals surface area contributed by atoms with Crippen LogP contribution in [0.1, 0.15) is 47.0 Å². The lowest BCUT2D eigenvalue weighted by Gasteiger charge is -2.37. The topological polar surface area (TPSA) is 89.3 Å². The number of carbonyl (C=O) groups excluding carboxylic acids is 1. The van der Waals surface area contributed by atoms with Crippen molar-refractivity contribution in [2.45, 2.75) is 53.0 Å². The Morgan fingerprint density at radius 2 is 2.17 bits per heavy atom. The number of nitrogens with zero attached hydrogens (tertiary/aromatic N) is 1. The molecule has 0 bridgehead atoms. The molecule has 1 aromatic heterocycles. The van der Waals surface area contributed by atoms with Crippen LogP contribution in [0, 0.1) is 17.8 Å². The lowest BCUT2D eigenvalue weighted by molar-refractivity contribution is 0.168. The average Bonchev–Trinajstić information content (AvgIpc) is 2.52. The van der Waals surface area contributed by atoms with Gasteiger partial charge in [-0.25, -0.2) is 9.78 Å². The standard InChI is InChI=1S/C18H30N4O2/c1-5-24-18(23)21-14-8-9-16(22-17(14)19)20-15-10-13(11(2)3)7-6-12(15)4/h8-9,11-13,15H,5-7,10H2,1-4H3,(H,21,23)(H3,19,20,22). The smallest absolute Gasteiger partial charge is 0.411 e. The van der Waals surface area contributed by atoms with Crippen molar-refractivity contribution in [2.24, 2.45) is 17.8 Å². The van der Waals surface area contributed by atoms with Crippen molar-refractivity contribution in [3.8, 4) is 0 Å². The van der Waals surface area contributed by atoms with E-state index in [4.69, 9.17) is 10.5 Å². The van der Waals surface area contributed by atoms with Crippen LogP contribution in [-0.2, 0) is 4.74 Å². The van der Waals surface area contributed by atoms with Gasteiger partial charge in [0.2, 0.25) is 0 Å². The predicted molar refractivity (Wildman–Crippen MR) is 98.0 cm³/mol. The monoisotopic (exact) mass is 334 g/mol. The molecule has 0 aromatic carbocycles. The van der Waals surface area contributed by atoms with Crippen LogP contribution in [0.4, 0.5) is 22.1 Å². The second kappa shape index (κ2) is 8.22. The van der Waals surface area contributed by atoms with Crippen molar-refractivity contribution < 1.29 is 9.53 Å². The molecule has 1 amide bonds. The largest absolute Gasteiger partial charge is 0.450 e. The summed E-state index contributed by atoms with van der Waals surface area (Å²) in [5, 5.41) is 6.12. The molecule has 6 nitrogen and oxygen atoms in total. The maximum absolute atomic E-state index is 11.5. The third kappa shape index (κ3) is 4.76. The predicted octanol–water partition coefficient (Wildman–Crippen LogP) is 4.10. The molecule has 1 heterocycles. The number of carbonyl (C=O) groups is 1. The SMILES string of the molecule is CCOC(=O)Nc1ccc(NC2CC(C(C)C)CCC2C)nc1N. The first kappa shape index (κ1) is 18.4. The Balaban J connectivity index is 2.02. The number of nitrogen functional groups attached to an aromatic ring is 1. The van der Waals surface area contributed by atoms with Crippen molar-refractivity contribution in [2.75, 3.05) is 23.0 Å². The average molecular weight is 334 g/mol. The fourth-order valence-corrected chi connectivity index (χ4v) is 3.29. The Hall–Kier alpha value is -1.98. The fourth-order valence-electron chi connectivity index (χ4n) is 3.29. The van der Waals surface area contributed by atoms with E-state index in [0.717, 1.165) is 18.2 Å². The van der Waals surface area contributed by atoms with Crippen molar-refractivity contribution >= 4 is 23.4 Å². The van der Waals surface area contributed by atoms with E-state index in [9.17, 15) is 4.79 Å². The first-order valence-electron chi connectivity index (χ1n) is 8.87. The summed E-state index contributed by atoms with van der Waals surface area (Å²) in [4.78, 5) is 15.9. The molecule has 2 rings (SSSR count). The highest BCUT2D eigenvalue weighted by Crippen LogP contribution is 2.35. The van der Waals surface area contributed by atoms with Crippen molar-refractivity contribution in [1.29, 1.82) is 0 Å². The number of anilines is 3. The van der Waals surface area contributed by atoms with E-state index in [0.29, 0.717) is 30.2 Å². The maximum atomic E-state index is 11.5. The van der Waals surface area contributed by atoms with Crippen LogP contribution in [0.15, 0.2) is 12.1 Å². The van der Waals surface area contributed by atoms with E-state index in [-0.39, 0.29) is 5.82 Å². The first-order valence-corrected chi connectivity index (χ1v) is 8.87. The van der Waals surface area contributed by atoms with Crippen LogP contribution in [0.5, 0.6) is 0 Å². The van der Waals surface area contributed by atoms with Gasteiger partial charge in [-0.2, -0.15) is 0 Å². The van der Waals surface area contributed by atoms with E-state index < -0.39 is 6.09 Å². The van der Waals surface area contributed by atoms with Crippen molar-refractivity contribution in [1.82, 2.24) is 4.98 Å². The highest BCUT2D eigenvalue weighted by Gasteiger charge is 2.29. The molecule has 1 aliphatic rings. The minimum atomic E-state index is -0.521. The Morgan fingerprint density at radius 1 is 1.42 bits per heavy atom. The number of rotatable bonds is 5. The Labute approximate surface area is 144 Å². The molecule has 0 saturated heterocycles. The molecule has 1 aliphatic carbocycles. The lowest BCUT2D eigenvalue weighted by Crippen LogP contribution is -2.36. The van der Waals surface area contributed by atoms with Gasteiger partial charge in [0.15, 0.2) is 0 Å². The Morgan fingerprint density at radius 3 is 2.79 bits per heavy atom. The van der Waals surface area contributed by atoms with E-state index in [1.54, 1.807) is 13.0 Å². The molecule has 24 heavy (non-hydrogen) atoms. The molecule has 134 valence electrons. The highest BCUT2D eigenvalue weighted by atomic mass is 16.5. The third-order valence-corrected chi connectivity index (χ3v) is 4.95. The van der Waals surface area contributed by atoms with E-state index >= 15 is 0 Å². The first-order chi connectivity index (χ1) is 11.4. The van der Waals surface area contributed by atoms with E-state index in [1.807, 2.05) is 6.07 Å². The lowest BCUT2D eigenvalue weighted by atomic mass is 9.74. The minimum absolute atomic E-state index is 0.289. The summed E-state index contributed by atoms with van der Waals surface area (Å²) in [7, 11) is 0. The van der Waals surface area contributed by atoms with Gasteiger partial charge in [-0.15, -0.1) is 0 Å². The van der Waals surface area contributed by atoms with Crippen LogP contribution < -0.4 is 16.4 Å².